The minimum Gasteiger partial charge on any atom is -0.350 e. The second-order valence-corrected chi connectivity index (χ2v) is 6.86. The molecule has 2 aromatic carbocycles. The maximum atomic E-state index is 13.1. The topological polar surface area (TPSA) is 72.7 Å². The van der Waals surface area contributed by atoms with Crippen LogP contribution < -0.4 is 5.32 Å². The van der Waals surface area contributed by atoms with Crippen LogP contribution in [0.1, 0.15) is 15.9 Å². The van der Waals surface area contributed by atoms with Crippen LogP contribution in [0.15, 0.2) is 83.5 Å². The minimum absolute atomic E-state index is 0.280. The lowest BCUT2D eigenvalue weighted by atomic mass is 10.2. The molecule has 0 fully saturated rings. The number of pyridine rings is 1. The molecule has 0 atom stereocenters. The minimum atomic E-state index is -0.280. The quantitative estimate of drug-likeness (QED) is 0.504. The number of hydrogen-bond acceptors (Lipinski definition) is 5. The first kappa shape index (κ1) is 18.1. The number of nitrogens with one attached hydrogen (secondary N) is 1. The lowest BCUT2D eigenvalue weighted by molar-refractivity contribution is 0.0947. The Morgan fingerprint density at radius 1 is 0.964 bits per heavy atom. The second-order valence-electron chi connectivity index (χ2n) is 6.01. The highest BCUT2D eigenvalue weighted by atomic mass is 79.9. The molecule has 0 saturated heterocycles. The van der Waals surface area contributed by atoms with Gasteiger partial charge in [0.1, 0.15) is 5.69 Å². The summed E-state index contributed by atoms with van der Waals surface area (Å²) in [6, 6.07) is 22.6. The zero-order valence-electron chi connectivity index (χ0n) is 14.8. The Labute approximate surface area is 170 Å². The number of rotatable bonds is 5. The van der Waals surface area contributed by atoms with E-state index in [1.807, 2.05) is 66.7 Å². The van der Waals surface area contributed by atoms with Crippen LogP contribution >= 0.6 is 15.9 Å². The van der Waals surface area contributed by atoms with Gasteiger partial charge in [-0.05, 0) is 45.8 Å². The third-order valence-electron chi connectivity index (χ3n) is 4.09. The van der Waals surface area contributed by atoms with Gasteiger partial charge in [0.2, 0.25) is 11.8 Å². The first-order valence-electron chi connectivity index (χ1n) is 8.68. The number of carbonyl (C=O) groups is 1. The summed E-state index contributed by atoms with van der Waals surface area (Å²) in [6.45, 7) is 0.518. The van der Waals surface area contributed by atoms with Gasteiger partial charge < -0.3 is 5.32 Å². The van der Waals surface area contributed by atoms with Crippen molar-refractivity contribution < 1.29 is 4.79 Å². The van der Waals surface area contributed by atoms with Gasteiger partial charge in [-0.2, -0.15) is 9.67 Å². The van der Waals surface area contributed by atoms with Gasteiger partial charge in [-0.25, -0.2) is 0 Å². The molecule has 2 heterocycles. The molecule has 1 N–H and O–H groups in total. The number of hydrogen-bond donors (Lipinski definition) is 1. The van der Waals surface area contributed by atoms with Crippen molar-refractivity contribution in [3.8, 4) is 11.5 Å². The maximum absolute atomic E-state index is 13.1. The van der Waals surface area contributed by atoms with Crippen LogP contribution in [0.2, 0.25) is 0 Å². The molecule has 28 heavy (non-hydrogen) atoms. The molecule has 138 valence electrons. The first-order valence-corrected chi connectivity index (χ1v) is 9.47. The Hall–Kier alpha value is -3.32. The van der Waals surface area contributed by atoms with E-state index in [0.717, 1.165) is 5.56 Å². The molecule has 4 rings (SSSR count). The van der Waals surface area contributed by atoms with Gasteiger partial charge in [0.05, 0.1) is 5.56 Å². The van der Waals surface area contributed by atoms with Crippen molar-refractivity contribution in [2.24, 2.45) is 0 Å². The van der Waals surface area contributed by atoms with E-state index >= 15 is 0 Å². The van der Waals surface area contributed by atoms with Crippen LogP contribution in [-0.4, -0.2) is 25.7 Å². The van der Waals surface area contributed by atoms with Crippen LogP contribution in [0.25, 0.3) is 11.5 Å². The van der Waals surface area contributed by atoms with Gasteiger partial charge >= 0.3 is 0 Å². The van der Waals surface area contributed by atoms with Crippen molar-refractivity contribution in [3.05, 3.63) is 94.6 Å². The van der Waals surface area contributed by atoms with Gasteiger partial charge in [0.15, 0.2) is 0 Å². The number of halogens is 1. The average Bonchev–Trinajstić information content (AvgIpc) is 3.18. The average molecular weight is 434 g/mol. The Balaban J connectivity index is 1.71. The normalized spacial score (nSPS) is 10.6. The van der Waals surface area contributed by atoms with E-state index in [9.17, 15) is 4.79 Å². The predicted octanol–water partition coefficient (Wildman–Crippen LogP) is 4.40. The molecular formula is C21H16BrN5O. The van der Waals surface area contributed by atoms with Gasteiger partial charge in [0.25, 0.3) is 5.91 Å². The van der Waals surface area contributed by atoms with E-state index in [-0.39, 0.29) is 5.91 Å². The van der Waals surface area contributed by atoms with Crippen molar-refractivity contribution in [1.29, 1.82) is 0 Å². The SMILES string of the molecule is O=C(c1ccccc1Br)n1nc(-c2ccccn2)nc1NCc1ccccc1. The summed E-state index contributed by atoms with van der Waals surface area (Å²) in [5.41, 5.74) is 2.18. The molecule has 0 unspecified atom stereocenters. The predicted molar refractivity (Wildman–Crippen MR) is 111 cm³/mol. The summed E-state index contributed by atoms with van der Waals surface area (Å²) < 4.78 is 1.98. The second kappa shape index (κ2) is 8.14. The van der Waals surface area contributed by atoms with Crippen molar-refractivity contribution in [1.82, 2.24) is 19.7 Å². The standard InChI is InChI=1S/C21H16BrN5O/c22-17-11-5-4-10-16(17)20(28)27-21(24-14-15-8-2-1-3-9-15)25-19(26-27)18-12-6-7-13-23-18/h1-13H,14H2,(H,24,25,26). The first-order chi connectivity index (χ1) is 13.7. The van der Waals surface area contributed by atoms with E-state index < -0.39 is 0 Å². The number of aromatic nitrogens is 4. The van der Waals surface area contributed by atoms with Gasteiger partial charge in [-0.15, -0.1) is 5.10 Å². The number of anilines is 1. The van der Waals surface area contributed by atoms with E-state index in [1.165, 1.54) is 4.68 Å². The lowest BCUT2D eigenvalue weighted by Crippen LogP contribution is -2.18. The summed E-state index contributed by atoms with van der Waals surface area (Å²) in [6.07, 6.45) is 1.67. The number of carbonyl (C=O) groups excluding carboxylic acids is 1. The molecule has 0 amide bonds. The molecule has 4 aromatic rings. The van der Waals surface area contributed by atoms with E-state index in [0.29, 0.717) is 34.0 Å². The molecule has 6 nitrogen and oxygen atoms in total. The van der Waals surface area contributed by atoms with Crippen LogP contribution in [0, 0.1) is 0 Å². The van der Waals surface area contributed by atoms with Crippen LogP contribution in [0.4, 0.5) is 5.95 Å². The summed E-state index contributed by atoms with van der Waals surface area (Å²) >= 11 is 3.43. The summed E-state index contributed by atoms with van der Waals surface area (Å²) in [5, 5.41) is 7.64. The Morgan fingerprint density at radius 2 is 1.71 bits per heavy atom. The molecule has 0 aliphatic heterocycles. The fourth-order valence-corrected chi connectivity index (χ4v) is 3.15. The van der Waals surface area contributed by atoms with Crippen LogP contribution in [0.5, 0.6) is 0 Å². The van der Waals surface area contributed by atoms with Crippen LogP contribution in [0.3, 0.4) is 0 Å². The van der Waals surface area contributed by atoms with Gasteiger partial charge in [0, 0.05) is 17.2 Å². The van der Waals surface area contributed by atoms with Crippen molar-refractivity contribution in [2.75, 3.05) is 5.32 Å². The Morgan fingerprint density at radius 3 is 2.46 bits per heavy atom. The molecule has 0 radical (unpaired) electrons. The molecule has 0 spiro atoms. The highest BCUT2D eigenvalue weighted by Crippen LogP contribution is 2.21. The molecule has 7 heteroatoms. The highest BCUT2D eigenvalue weighted by molar-refractivity contribution is 9.10. The third kappa shape index (κ3) is 3.84. The Bertz CT molecular complexity index is 1100. The maximum Gasteiger partial charge on any atom is 0.282 e. The zero-order chi connectivity index (χ0) is 19.3. The Kier molecular flexibility index (Phi) is 5.25. The number of nitrogens with zero attached hydrogens (tertiary/aromatic N) is 4. The molecule has 0 aliphatic rings. The molecular weight excluding hydrogens is 418 g/mol. The van der Waals surface area contributed by atoms with Gasteiger partial charge in [-0.1, -0.05) is 48.5 Å². The van der Waals surface area contributed by atoms with Crippen molar-refractivity contribution in [2.45, 2.75) is 6.54 Å². The fourth-order valence-electron chi connectivity index (χ4n) is 2.70. The number of benzene rings is 2. The summed E-state index contributed by atoms with van der Waals surface area (Å²) in [4.78, 5) is 21.9. The largest absolute Gasteiger partial charge is 0.350 e. The monoisotopic (exact) mass is 433 g/mol. The van der Waals surface area contributed by atoms with Crippen LogP contribution in [-0.2, 0) is 6.54 Å². The van der Waals surface area contributed by atoms with Gasteiger partial charge in [-0.3, -0.25) is 9.78 Å². The molecule has 0 aliphatic carbocycles. The fraction of sp³-hybridized carbons (Fsp3) is 0.0476. The van der Waals surface area contributed by atoms with Crippen molar-refractivity contribution in [3.63, 3.8) is 0 Å². The molecule has 0 saturated carbocycles. The smallest absolute Gasteiger partial charge is 0.282 e. The van der Waals surface area contributed by atoms with Crippen molar-refractivity contribution >= 4 is 27.8 Å². The van der Waals surface area contributed by atoms with E-state index in [2.05, 4.69) is 36.3 Å². The third-order valence-corrected chi connectivity index (χ3v) is 4.78. The molecule has 0 bridgehead atoms. The zero-order valence-corrected chi connectivity index (χ0v) is 16.4. The lowest BCUT2D eigenvalue weighted by Gasteiger charge is -2.08. The highest BCUT2D eigenvalue weighted by Gasteiger charge is 2.20. The van der Waals surface area contributed by atoms with E-state index in [1.54, 1.807) is 12.3 Å². The summed E-state index contributed by atoms with van der Waals surface area (Å²) in [7, 11) is 0. The van der Waals surface area contributed by atoms with E-state index in [4.69, 9.17) is 0 Å². The molecule has 2 aromatic heterocycles. The summed E-state index contributed by atoms with van der Waals surface area (Å²) in [5.74, 6) is 0.472.